The van der Waals surface area contributed by atoms with E-state index in [1.165, 1.54) is 18.4 Å². The maximum absolute atomic E-state index is 11.7. The van der Waals surface area contributed by atoms with Crippen LogP contribution in [0.5, 0.6) is 0 Å². The molecule has 102 valence electrons. The van der Waals surface area contributed by atoms with Crippen LogP contribution in [0.3, 0.4) is 0 Å². The van der Waals surface area contributed by atoms with Crippen LogP contribution in [0.1, 0.15) is 28.1 Å². The molecule has 1 rings (SSSR count). The normalized spacial score (nSPS) is 9.37. The van der Waals surface area contributed by atoms with Gasteiger partial charge in [0.25, 0.3) is 5.91 Å². The summed E-state index contributed by atoms with van der Waals surface area (Å²) in [5, 5.41) is 12.9. The summed E-state index contributed by atoms with van der Waals surface area (Å²) >= 11 is 1.36. The van der Waals surface area contributed by atoms with Gasteiger partial charge >= 0.3 is 5.97 Å². The first-order chi connectivity index (χ1) is 9.17. The van der Waals surface area contributed by atoms with E-state index in [1.807, 2.05) is 0 Å². The Labute approximate surface area is 115 Å². The molecule has 0 spiro atoms. The van der Waals surface area contributed by atoms with Crippen molar-refractivity contribution in [2.24, 2.45) is 0 Å². The van der Waals surface area contributed by atoms with Gasteiger partial charge in [-0.05, 0) is 6.07 Å². The lowest BCUT2D eigenvalue weighted by atomic mass is 10.3. The molecule has 0 atom stereocenters. The van der Waals surface area contributed by atoms with E-state index < -0.39 is 0 Å². The van der Waals surface area contributed by atoms with Crippen molar-refractivity contribution < 1.29 is 19.4 Å². The molecule has 0 aromatic carbocycles. The Bertz CT molecular complexity index is 498. The van der Waals surface area contributed by atoms with E-state index in [-0.39, 0.29) is 31.4 Å². The minimum absolute atomic E-state index is 0.0270. The van der Waals surface area contributed by atoms with Crippen LogP contribution in [0, 0.1) is 11.8 Å². The molecule has 1 heterocycles. The average Bonchev–Trinajstić information content (AvgIpc) is 2.87. The first-order valence-corrected chi connectivity index (χ1v) is 6.58. The average molecular weight is 281 g/mol. The minimum Gasteiger partial charge on any atom is -0.469 e. The van der Waals surface area contributed by atoms with Crippen molar-refractivity contribution in [2.45, 2.75) is 12.8 Å². The number of thiophene rings is 1. The van der Waals surface area contributed by atoms with Crippen LogP contribution in [0.4, 0.5) is 0 Å². The van der Waals surface area contributed by atoms with Crippen molar-refractivity contribution in [1.29, 1.82) is 0 Å². The molecule has 0 aliphatic carbocycles. The monoisotopic (exact) mass is 281 g/mol. The summed E-state index contributed by atoms with van der Waals surface area (Å²) < 4.78 is 4.47. The molecule has 1 aromatic heterocycles. The molecule has 0 saturated heterocycles. The smallest absolute Gasteiger partial charge is 0.307 e. The molecular formula is C13H15NO4S. The Kier molecular flexibility index (Phi) is 6.64. The van der Waals surface area contributed by atoms with Gasteiger partial charge in [0.05, 0.1) is 30.6 Å². The molecule has 0 fully saturated rings. The molecule has 2 N–H and O–H groups in total. The van der Waals surface area contributed by atoms with Crippen molar-refractivity contribution in [3.8, 4) is 11.8 Å². The second kappa shape index (κ2) is 8.29. The van der Waals surface area contributed by atoms with E-state index in [4.69, 9.17) is 5.11 Å². The van der Waals surface area contributed by atoms with Gasteiger partial charge < -0.3 is 15.2 Å². The Hall–Kier alpha value is -1.84. The predicted octanol–water partition coefficient (Wildman–Crippen LogP) is 0.775. The molecule has 0 aliphatic rings. The van der Waals surface area contributed by atoms with Crippen LogP contribution in [0.15, 0.2) is 11.4 Å². The van der Waals surface area contributed by atoms with Crippen LogP contribution >= 0.6 is 11.3 Å². The standard InChI is InChI=1S/C13H15NO4S/c1-18-12(16)5-6-14-13(17)10-8-11(19-9-10)4-2-3-7-15/h8-9,15H,3,5-7H2,1H3,(H,14,17). The number of carbonyl (C=O) groups is 2. The maximum Gasteiger partial charge on any atom is 0.307 e. The van der Waals surface area contributed by atoms with Crippen LogP contribution in [-0.4, -0.2) is 37.2 Å². The largest absolute Gasteiger partial charge is 0.469 e. The number of ether oxygens (including phenoxy) is 1. The van der Waals surface area contributed by atoms with Gasteiger partial charge in [-0.1, -0.05) is 11.8 Å². The van der Waals surface area contributed by atoms with Crippen LogP contribution in [0.2, 0.25) is 0 Å². The number of esters is 1. The first-order valence-electron chi connectivity index (χ1n) is 5.70. The fraction of sp³-hybridized carbons (Fsp3) is 0.385. The van der Waals surface area contributed by atoms with Gasteiger partial charge in [0.2, 0.25) is 0 Å². The molecule has 0 unspecified atom stereocenters. The number of hydrogen-bond donors (Lipinski definition) is 2. The summed E-state index contributed by atoms with van der Waals surface area (Å²) in [6, 6.07) is 1.68. The molecule has 0 bridgehead atoms. The summed E-state index contributed by atoms with van der Waals surface area (Å²) in [7, 11) is 1.31. The van der Waals surface area contributed by atoms with Crippen molar-refractivity contribution in [3.05, 3.63) is 21.9 Å². The van der Waals surface area contributed by atoms with Gasteiger partial charge in [-0.15, -0.1) is 11.3 Å². The van der Waals surface area contributed by atoms with Crippen molar-refractivity contribution in [2.75, 3.05) is 20.3 Å². The number of nitrogens with one attached hydrogen (secondary N) is 1. The van der Waals surface area contributed by atoms with Gasteiger partial charge in [0.1, 0.15) is 0 Å². The Morgan fingerprint density at radius 1 is 1.53 bits per heavy atom. The van der Waals surface area contributed by atoms with Crippen molar-refractivity contribution in [1.82, 2.24) is 5.32 Å². The molecule has 0 radical (unpaired) electrons. The minimum atomic E-state index is -0.360. The van der Waals surface area contributed by atoms with Crippen LogP contribution in [0.25, 0.3) is 0 Å². The molecule has 1 amide bonds. The number of amides is 1. The Balaban J connectivity index is 2.45. The highest BCUT2D eigenvalue weighted by molar-refractivity contribution is 7.10. The quantitative estimate of drug-likeness (QED) is 0.617. The second-order valence-electron chi connectivity index (χ2n) is 3.56. The first kappa shape index (κ1) is 15.2. The lowest BCUT2D eigenvalue weighted by Gasteiger charge is -2.01. The number of carbonyl (C=O) groups excluding carboxylic acids is 2. The highest BCUT2D eigenvalue weighted by atomic mass is 32.1. The number of aliphatic hydroxyl groups is 1. The summed E-state index contributed by atoms with van der Waals surface area (Å²) in [6.07, 6.45) is 0.564. The van der Waals surface area contributed by atoms with E-state index in [9.17, 15) is 9.59 Å². The predicted molar refractivity (Wildman–Crippen MR) is 71.9 cm³/mol. The van der Waals surface area contributed by atoms with Gasteiger partial charge in [-0.25, -0.2) is 0 Å². The SMILES string of the molecule is COC(=O)CCNC(=O)c1csc(C#CCCO)c1. The molecule has 0 aliphatic heterocycles. The highest BCUT2D eigenvalue weighted by Crippen LogP contribution is 2.13. The van der Waals surface area contributed by atoms with Gasteiger partial charge in [-0.3, -0.25) is 9.59 Å². The van der Waals surface area contributed by atoms with Crippen LogP contribution < -0.4 is 5.32 Å². The molecule has 19 heavy (non-hydrogen) atoms. The Morgan fingerprint density at radius 2 is 2.32 bits per heavy atom. The van der Waals surface area contributed by atoms with Crippen LogP contribution in [-0.2, 0) is 9.53 Å². The number of hydrogen-bond acceptors (Lipinski definition) is 5. The fourth-order valence-electron chi connectivity index (χ4n) is 1.21. The molecule has 5 nitrogen and oxygen atoms in total. The van der Waals surface area contributed by atoms with E-state index in [0.29, 0.717) is 12.0 Å². The number of rotatable bonds is 5. The molecule has 0 saturated carbocycles. The third-order valence-corrected chi connectivity index (χ3v) is 3.00. The summed E-state index contributed by atoms with van der Waals surface area (Å²) in [4.78, 5) is 23.4. The lowest BCUT2D eigenvalue weighted by molar-refractivity contribution is -0.140. The summed E-state index contributed by atoms with van der Waals surface area (Å²) in [5.41, 5.74) is 0.517. The number of methoxy groups -OCH3 is 1. The molecule has 1 aromatic rings. The Morgan fingerprint density at radius 3 is 3.00 bits per heavy atom. The fourth-order valence-corrected chi connectivity index (χ4v) is 1.96. The van der Waals surface area contributed by atoms with E-state index in [0.717, 1.165) is 4.88 Å². The lowest BCUT2D eigenvalue weighted by Crippen LogP contribution is -2.25. The molecule has 6 heteroatoms. The summed E-state index contributed by atoms with van der Waals surface area (Å²) in [6.45, 7) is 0.270. The highest BCUT2D eigenvalue weighted by Gasteiger charge is 2.08. The van der Waals surface area contributed by atoms with E-state index >= 15 is 0 Å². The summed E-state index contributed by atoms with van der Waals surface area (Å²) in [5.74, 6) is 5.05. The van der Waals surface area contributed by atoms with Crippen molar-refractivity contribution in [3.63, 3.8) is 0 Å². The van der Waals surface area contributed by atoms with Gasteiger partial charge in [0, 0.05) is 18.3 Å². The van der Waals surface area contributed by atoms with E-state index in [2.05, 4.69) is 21.9 Å². The van der Waals surface area contributed by atoms with E-state index in [1.54, 1.807) is 11.4 Å². The topological polar surface area (TPSA) is 75.6 Å². The zero-order valence-electron chi connectivity index (χ0n) is 10.6. The molecular weight excluding hydrogens is 266 g/mol. The zero-order chi connectivity index (χ0) is 14.1. The van der Waals surface area contributed by atoms with Gasteiger partial charge in [-0.2, -0.15) is 0 Å². The third kappa shape index (κ3) is 5.55. The third-order valence-electron chi connectivity index (χ3n) is 2.15. The maximum atomic E-state index is 11.7. The zero-order valence-corrected chi connectivity index (χ0v) is 11.4. The second-order valence-corrected chi connectivity index (χ2v) is 4.47. The number of aliphatic hydroxyl groups excluding tert-OH is 1. The van der Waals surface area contributed by atoms with Crippen molar-refractivity contribution >= 4 is 23.2 Å². The van der Waals surface area contributed by atoms with Gasteiger partial charge in [0.15, 0.2) is 0 Å².